The summed E-state index contributed by atoms with van der Waals surface area (Å²) < 4.78 is 1.91. The lowest BCUT2D eigenvalue weighted by Crippen LogP contribution is -2.30. The van der Waals surface area contributed by atoms with Crippen LogP contribution in [0.2, 0.25) is 0 Å². The molecule has 112 valence electrons. The number of aliphatic hydroxyl groups is 1. The minimum Gasteiger partial charge on any atom is -0.395 e. The zero-order chi connectivity index (χ0) is 14.8. The van der Waals surface area contributed by atoms with Crippen LogP contribution >= 0.6 is 0 Å². The van der Waals surface area contributed by atoms with Gasteiger partial charge in [-0.2, -0.15) is 5.10 Å². The second-order valence-electron chi connectivity index (χ2n) is 5.83. The molecule has 1 aliphatic rings. The average Bonchev–Trinajstić information content (AvgIpc) is 3.05. The molecule has 3 rings (SSSR count). The highest BCUT2D eigenvalue weighted by atomic mass is 16.3. The fourth-order valence-electron chi connectivity index (χ4n) is 3.31. The van der Waals surface area contributed by atoms with E-state index in [1.54, 1.807) is 0 Å². The third kappa shape index (κ3) is 2.74. The highest BCUT2D eigenvalue weighted by Crippen LogP contribution is 2.36. The quantitative estimate of drug-likeness (QED) is 0.916. The fourth-order valence-corrected chi connectivity index (χ4v) is 3.31. The topological polar surface area (TPSA) is 41.3 Å². The first-order valence-corrected chi connectivity index (χ1v) is 7.61. The molecule has 0 saturated carbocycles. The van der Waals surface area contributed by atoms with E-state index in [4.69, 9.17) is 0 Å². The molecule has 1 aromatic carbocycles. The number of nitrogens with zero attached hydrogens (tertiary/aromatic N) is 3. The maximum Gasteiger partial charge on any atom is 0.0558 e. The van der Waals surface area contributed by atoms with Gasteiger partial charge in [0.1, 0.15) is 0 Å². The van der Waals surface area contributed by atoms with Crippen LogP contribution in [0.15, 0.2) is 30.5 Å². The Kier molecular flexibility index (Phi) is 4.08. The summed E-state index contributed by atoms with van der Waals surface area (Å²) in [6.45, 7) is 3.84. The maximum atomic E-state index is 9.44. The van der Waals surface area contributed by atoms with E-state index >= 15 is 0 Å². The van der Waals surface area contributed by atoms with Gasteiger partial charge in [-0.05, 0) is 30.9 Å². The largest absolute Gasteiger partial charge is 0.395 e. The Morgan fingerprint density at radius 2 is 2.19 bits per heavy atom. The van der Waals surface area contributed by atoms with E-state index in [0.29, 0.717) is 12.6 Å². The number of aryl methyl sites for hydroxylation is 2. The molecule has 4 nitrogen and oxygen atoms in total. The van der Waals surface area contributed by atoms with Gasteiger partial charge in [0.15, 0.2) is 0 Å². The summed E-state index contributed by atoms with van der Waals surface area (Å²) in [6, 6.07) is 9.09. The third-order valence-electron chi connectivity index (χ3n) is 4.64. The van der Waals surface area contributed by atoms with E-state index < -0.39 is 0 Å². The molecule has 0 aliphatic heterocycles. The van der Waals surface area contributed by atoms with E-state index in [1.807, 2.05) is 17.9 Å². The van der Waals surface area contributed by atoms with Crippen LogP contribution in [0.5, 0.6) is 0 Å². The molecular formula is C17H23N3O. The molecule has 1 aliphatic carbocycles. The molecule has 2 aromatic rings. The predicted molar refractivity (Wildman–Crippen MR) is 82.9 cm³/mol. The molecule has 0 radical (unpaired) electrons. The number of aliphatic hydroxyl groups excluding tert-OH is 1. The van der Waals surface area contributed by atoms with Crippen molar-refractivity contribution < 1.29 is 5.11 Å². The van der Waals surface area contributed by atoms with Gasteiger partial charge in [0.25, 0.3) is 0 Å². The van der Waals surface area contributed by atoms with Crippen LogP contribution in [0.3, 0.4) is 0 Å². The predicted octanol–water partition coefficient (Wildman–Crippen LogP) is 2.21. The normalized spacial score (nSPS) is 17.4. The number of rotatable bonds is 5. The van der Waals surface area contributed by atoms with Gasteiger partial charge < -0.3 is 5.11 Å². The van der Waals surface area contributed by atoms with E-state index in [-0.39, 0.29) is 6.61 Å². The molecule has 0 fully saturated rings. The molecule has 1 N–H and O–H groups in total. The number of hydrogen-bond acceptors (Lipinski definition) is 3. The molecule has 0 amide bonds. The summed E-state index contributed by atoms with van der Waals surface area (Å²) in [4.78, 5) is 2.38. The van der Waals surface area contributed by atoms with Crippen LogP contribution in [0.4, 0.5) is 0 Å². The van der Waals surface area contributed by atoms with Crippen LogP contribution in [0.1, 0.15) is 34.8 Å². The SMILES string of the molecule is Cc1c(CN(CCO)C2CCc3ccccc32)cnn1C. The number of benzene rings is 1. The van der Waals surface area contributed by atoms with Crippen molar-refractivity contribution in [3.8, 4) is 0 Å². The summed E-state index contributed by atoms with van der Waals surface area (Å²) in [6.07, 6.45) is 4.22. The Morgan fingerprint density at radius 1 is 1.38 bits per heavy atom. The van der Waals surface area contributed by atoms with Crippen LogP contribution < -0.4 is 0 Å². The lowest BCUT2D eigenvalue weighted by molar-refractivity contribution is 0.142. The van der Waals surface area contributed by atoms with Gasteiger partial charge >= 0.3 is 0 Å². The van der Waals surface area contributed by atoms with Crippen molar-refractivity contribution in [3.05, 3.63) is 52.8 Å². The van der Waals surface area contributed by atoms with Gasteiger partial charge in [-0.3, -0.25) is 9.58 Å². The second-order valence-corrected chi connectivity index (χ2v) is 5.83. The Balaban J connectivity index is 1.84. The third-order valence-corrected chi connectivity index (χ3v) is 4.64. The zero-order valence-electron chi connectivity index (χ0n) is 12.8. The van der Waals surface area contributed by atoms with Crippen molar-refractivity contribution in [2.45, 2.75) is 32.4 Å². The Hall–Kier alpha value is -1.65. The van der Waals surface area contributed by atoms with Gasteiger partial charge in [-0.1, -0.05) is 24.3 Å². The van der Waals surface area contributed by atoms with E-state index in [9.17, 15) is 5.11 Å². The number of fused-ring (bicyclic) bond motifs is 1. The second kappa shape index (κ2) is 6.00. The summed E-state index contributed by atoms with van der Waals surface area (Å²) in [7, 11) is 1.97. The van der Waals surface area contributed by atoms with Crippen LogP contribution in [-0.2, 0) is 20.0 Å². The Bertz CT molecular complexity index is 620. The molecule has 0 spiro atoms. The van der Waals surface area contributed by atoms with Crippen molar-refractivity contribution in [2.75, 3.05) is 13.2 Å². The van der Waals surface area contributed by atoms with Gasteiger partial charge in [-0.15, -0.1) is 0 Å². The minimum absolute atomic E-state index is 0.192. The Morgan fingerprint density at radius 3 is 2.90 bits per heavy atom. The molecule has 4 heteroatoms. The molecule has 0 saturated heterocycles. The van der Waals surface area contributed by atoms with Crippen LogP contribution in [0, 0.1) is 6.92 Å². The Labute approximate surface area is 126 Å². The maximum absolute atomic E-state index is 9.44. The van der Waals surface area contributed by atoms with Gasteiger partial charge in [0, 0.05) is 37.4 Å². The minimum atomic E-state index is 0.192. The fraction of sp³-hybridized carbons (Fsp3) is 0.471. The molecule has 1 heterocycles. The monoisotopic (exact) mass is 285 g/mol. The van der Waals surface area contributed by atoms with E-state index in [0.717, 1.165) is 19.4 Å². The molecule has 21 heavy (non-hydrogen) atoms. The standard InChI is InChI=1S/C17H23N3O/c1-13-15(11-18-19(13)2)12-20(9-10-21)17-8-7-14-5-3-4-6-16(14)17/h3-6,11,17,21H,7-10,12H2,1-2H3. The van der Waals surface area contributed by atoms with Gasteiger partial charge in [0.2, 0.25) is 0 Å². The summed E-state index contributed by atoms with van der Waals surface area (Å²) >= 11 is 0. The molecular weight excluding hydrogens is 262 g/mol. The first-order valence-electron chi connectivity index (χ1n) is 7.61. The summed E-state index contributed by atoms with van der Waals surface area (Å²) in [5.41, 5.74) is 5.32. The van der Waals surface area contributed by atoms with Crippen molar-refractivity contribution in [3.63, 3.8) is 0 Å². The van der Waals surface area contributed by atoms with Crippen molar-refractivity contribution in [2.24, 2.45) is 7.05 Å². The smallest absolute Gasteiger partial charge is 0.0558 e. The molecule has 1 aromatic heterocycles. The molecule has 1 unspecified atom stereocenters. The first-order chi connectivity index (χ1) is 10.2. The van der Waals surface area contributed by atoms with Crippen LogP contribution in [0.25, 0.3) is 0 Å². The highest BCUT2D eigenvalue weighted by molar-refractivity contribution is 5.34. The summed E-state index contributed by atoms with van der Waals surface area (Å²) in [5.74, 6) is 0. The van der Waals surface area contributed by atoms with E-state index in [1.165, 1.54) is 22.4 Å². The molecule has 0 bridgehead atoms. The van der Waals surface area contributed by atoms with Gasteiger partial charge in [-0.25, -0.2) is 0 Å². The molecule has 1 atom stereocenters. The highest BCUT2D eigenvalue weighted by Gasteiger charge is 2.27. The van der Waals surface area contributed by atoms with Gasteiger partial charge in [0.05, 0.1) is 12.8 Å². The number of aromatic nitrogens is 2. The lowest BCUT2D eigenvalue weighted by Gasteiger charge is -2.29. The van der Waals surface area contributed by atoms with E-state index in [2.05, 4.69) is 41.2 Å². The van der Waals surface area contributed by atoms with Crippen molar-refractivity contribution in [1.29, 1.82) is 0 Å². The lowest BCUT2D eigenvalue weighted by atomic mass is 10.1. The van der Waals surface area contributed by atoms with Crippen molar-refractivity contribution in [1.82, 2.24) is 14.7 Å². The van der Waals surface area contributed by atoms with Crippen LogP contribution in [-0.4, -0.2) is 32.9 Å². The van der Waals surface area contributed by atoms with Crippen molar-refractivity contribution >= 4 is 0 Å². The summed E-state index contributed by atoms with van der Waals surface area (Å²) in [5, 5.41) is 13.8. The first kappa shape index (κ1) is 14.3. The zero-order valence-corrected chi connectivity index (χ0v) is 12.8. The number of hydrogen-bond donors (Lipinski definition) is 1. The average molecular weight is 285 g/mol.